The number of rotatable bonds is 18. The summed E-state index contributed by atoms with van der Waals surface area (Å²) < 4.78 is 24.0. The van der Waals surface area contributed by atoms with E-state index in [9.17, 15) is 9.59 Å². The van der Waals surface area contributed by atoms with Crippen molar-refractivity contribution in [2.24, 2.45) is 16.2 Å². The Morgan fingerprint density at radius 1 is 0.778 bits per heavy atom. The molecule has 6 nitrogen and oxygen atoms in total. The van der Waals surface area contributed by atoms with Crippen LogP contribution in [0.2, 0.25) is 0 Å². The lowest BCUT2D eigenvalue weighted by atomic mass is 9.89. The van der Waals surface area contributed by atoms with Crippen LogP contribution in [-0.2, 0) is 19.0 Å². The molecule has 0 fully saturated rings. The summed E-state index contributed by atoms with van der Waals surface area (Å²) in [6.07, 6.45) is 6.11. The first-order valence-electron chi connectivity index (χ1n) is 12.6. The van der Waals surface area contributed by atoms with Crippen LogP contribution in [0.15, 0.2) is 47.7 Å². The molecule has 0 spiro atoms. The number of carbonyl (C=O) groups is 2. The summed E-state index contributed by atoms with van der Waals surface area (Å²) in [6.45, 7) is 19.8. The van der Waals surface area contributed by atoms with Crippen molar-refractivity contribution < 1.29 is 28.5 Å². The standard InChI is InChI=1S/C30H46O6/c1-9-30(8,23-36-27-14-12-26(17-32)13-15-27)22-34-19-28(4,5)18-33-20-29(6,7)21-35-25(3)11-10-24(2)16-31/h10-17H,9,18-23H2,1-8H3/b24-10+,25-11+. The van der Waals surface area contributed by atoms with Crippen LogP contribution in [0.5, 0.6) is 5.75 Å². The van der Waals surface area contributed by atoms with Crippen LogP contribution in [0.3, 0.4) is 0 Å². The summed E-state index contributed by atoms with van der Waals surface area (Å²) in [5.74, 6) is 1.51. The minimum Gasteiger partial charge on any atom is -0.498 e. The van der Waals surface area contributed by atoms with E-state index >= 15 is 0 Å². The Bertz CT molecular complexity index is 866. The molecule has 0 saturated heterocycles. The fourth-order valence-electron chi connectivity index (χ4n) is 3.05. The smallest absolute Gasteiger partial charge is 0.150 e. The fraction of sp³-hybridized carbons (Fsp3) is 0.600. The predicted molar refractivity (Wildman–Crippen MR) is 144 cm³/mol. The molecule has 0 N–H and O–H groups in total. The summed E-state index contributed by atoms with van der Waals surface area (Å²) in [4.78, 5) is 21.5. The Morgan fingerprint density at radius 3 is 1.86 bits per heavy atom. The number of hydrogen-bond acceptors (Lipinski definition) is 6. The second-order valence-corrected chi connectivity index (χ2v) is 11.5. The van der Waals surface area contributed by atoms with Crippen molar-refractivity contribution >= 4 is 12.6 Å². The second kappa shape index (κ2) is 15.0. The molecule has 1 rings (SSSR count). The molecule has 36 heavy (non-hydrogen) atoms. The lowest BCUT2D eigenvalue weighted by molar-refractivity contribution is -0.104. The molecule has 0 aliphatic carbocycles. The highest BCUT2D eigenvalue weighted by atomic mass is 16.5. The number of hydrogen-bond donors (Lipinski definition) is 0. The first-order chi connectivity index (χ1) is 16.8. The van der Waals surface area contributed by atoms with Crippen LogP contribution in [0.1, 0.15) is 72.2 Å². The van der Waals surface area contributed by atoms with Crippen molar-refractivity contribution in [2.45, 2.75) is 61.8 Å². The van der Waals surface area contributed by atoms with E-state index in [1.165, 1.54) is 0 Å². The van der Waals surface area contributed by atoms with Gasteiger partial charge >= 0.3 is 0 Å². The van der Waals surface area contributed by atoms with Gasteiger partial charge in [-0.15, -0.1) is 0 Å². The molecule has 0 saturated carbocycles. The Balaban J connectivity index is 2.42. The van der Waals surface area contributed by atoms with Gasteiger partial charge < -0.3 is 18.9 Å². The summed E-state index contributed by atoms with van der Waals surface area (Å²) in [6, 6.07) is 7.14. The summed E-state index contributed by atoms with van der Waals surface area (Å²) in [5.41, 5.74) is 0.878. The molecule has 1 unspecified atom stereocenters. The third-order valence-corrected chi connectivity index (χ3v) is 5.84. The largest absolute Gasteiger partial charge is 0.498 e. The van der Waals surface area contributed by atoms with E-state index in [-0.39, 0.29) is 16.2 Å². The Kier molecular flexibility index (Phi) is 13.1. The van der Waals surface area contributed by atoms with Gasteiger partial charge in [-0.25, -0.2) is 0 Å². The molecule has 0 bridgehead atoms. The van der Waals surface area contributed by atoms with Gasteiger partial charge in [0.25, 0.3) is 0 Å². The molecule has 0 aliphatic rings. The van der Waals surface area contributed by atoms with Crippen LogP contribution in [0, 0.1) is 16.2 Å². The molecule has 0 amide bonds. The molecule has 0 aromatic heterocycles. The van der Waals surface area contributed by atoms with Crippen LogP contribution in [0.25, 0.3) is 0 Å². The molecule has 1 aromatic rings. The first kappa shape index (κ1) is 31.6. The average Bonchev–Trinajstić information content (AvgIpc) is 2.84. The van der Waals surface area contributed by atoms with E-state index in [4.69, 9.17) is 18.9 Å². The maximum absolute atomic E-state index is 10.8. The van der Waals surface area contributed by atoms with Crippen molar-refractivity contribution in [3.8, 4) is 5.75 Å². The van der Waals surface area contributed by atoms with E-state index in [1.54, 1.807) is 31.2 Å². The Hall–Kier alpha value is -2.44. The van der Waals surface area contributed by atoms with Crippen LogP contribution < -0.4 is 4.74 Å². The molecule has 0 heterocycles. The Morgan fingerprint density at radius 2 is 1.33 bits per heavy atom. The minimum absolute atomic E-state index is 0.121. The lowest BCUT2D eigenvalue weighted by Gasteiger charge is -2.32. The van der Waals surface area contributed by atoms with Gasteiger partial charge in [-0.2, -0.15) is 0 Å². The van der Waals surface area contributed by atoms with Gasteiger partial charge in [0.15, 0.2) is 0 Å². The van der Waals surface area contributed by atoms with Gasteiger partial charge in [0.1, 0.15) is 18.3 Å². The van der Waals surface area contributed by atoms with Crippen LogP contribution in [-0.4, -0.2) is 52.2 Å². The van der Waals surface area contributed by atoms with Crippen molar-refractivity contribution in [3.63, 3.8) is 0 Å². The average molecular weight is 503 g/mol. The van der Waals surface area contributed by atoms with E-state index in [2.05, 4.69) is 41.5 Å². The van der Waals surface area contributed by atoms with Crippen LogP contribution in [0.4, 0.5) is 0 Å². The third-order valence-electron chi connectivity index (χ3n) is 5.84. The number of benzene rings is 1. The zero-order chi connectivity index (χ0) is 27.2. The first-order valence-corrected chi connectivity index (χ1v) is 12.6. The topological polar surface area (TPSA) is 71.1 Å². The molecular weight excluding hydrogens is 456 g/mol. The van der Waals surface area contributed by atoms with Gasteiger partial charge in [0.05, 0.1) is 45.4 Å². The van der Waals surface area contributed by atoms with Crippen molar-refractivity contribution in [2.75, 3.05) is 39.6 Å². The summed E-state index contributed by atoms with van der Waals surface area (Å²) in [7, 11) is 0. The van der Waals surface area contributed by atoms with E-state index in [1.807, 2.05) is 19.1 Å². The maximum Gasteiger partial charge on any atom is 0.150 e. The van der Waals surface area contributed by atoms with E-state index in [0.29, 0.717) is 50.8 Å². The van der Waals surface area contributed by atoms with Gasteiger partial charge in [-0.3, -0.25) is 9.59 Å². The molecule has 0 radical (unpaired) electrons. The number of allylic oxidation sites excluding steroid dienone is 4. The summed E-state index contributed by atoms with van der Waals surface area (Å²) >= 11 is 0. The lowest BCUT2D eigenvalue weighted by Crippen LogP contribution is -2.34. The van der Waals surface area contributed by atoms with Gasteiger partial charge in [0.2, 0.25) is 0 Å². The predicted octanol–water partition coefficient (Wildman–Crippen LogP) is 6.45. The van der Waals surface area contributed by atoms with Gasteiger partial charge in [0, 0.05) is 21.8 Å². The zero-order valence-electron chi connectivity index (χ0n) is 23.5. The minimum atomic E-state index is -0.155. The van der Waals surface area contributed by atoms with Crippen LogP contribution >= 0.6 is 0 Å². The molecule has 1 aromatic carbocycles. The maximum atomic E-state index is 10.8. The highest BCUT2D eigenvalue weighted by Crippen LogP contribution is 2.26. The van der Waals surface area contributed by atoms with Crippen molar-refractivity contribution in [1.29, 1.82) is 0 Å². The SMILES string of the molecule is CCC(C)(COCC(C)(C)COCC(C)(C)CO/C(C)=C/C=C(\C)C=O)COc1ccc(C=O)cc1. The molecule has 0 aliphatic heterocycles. The highest BCUT2D eigenvalue weighted by molar-refractivity contribution is 5.74. The van der Waals surface area contributed by atoms with E-state index in [0.717, 1.165) is 30.5 Å². The van der Waals surface area contributed by atoms with Gasteiger partial charge in [-0.05, 0) is 56.2 Å². The monoisotopic (exact) mass is 502 g/mol. The third kappa shape index (κ3) is 13.0. The normalized spacial score (nSPS) is 14.8. The quantitative estimate of drug-likeness (QED) is 0.0995. The second-order valence-electron chi connectivity index (χ2n) is 11.5. The van der Waals surface area contributed by atoms with Crippen molar-refractivity contribution in [3.05, 3.63) is 53.3 Å². The summed E-state index contributed by atoms with van der Waals surface area (Å²) in [5, 5.41) is 0. The molecule has 202 valence electrons. The zero-order valence-corrected chi connectivity index (χ0v) is 23.5. The highest BCUT2D eigenvalue weighted by Gasteiger charge is 2.27. The van der Waals surface area contributed by atoms with Crippen molar-refractivity contribution in [1.82, 2.24) is 0 Å². The number of carbonyl (C=O) groups excluding carboxylic acids is 2. The number of aldehydes is 2. The van der Waals surface area contributed by atoms with E-state index < -0.39 is 0 Å². The fourth-order valence-corrected chi connectivity index (χ4v) is 3.05. The van der Waals surface area contributed by atoms with Gasteiger partial charge in [-0.1, -0.05) is 47.6 Å². The Labute approximate surface area is 218 Å². The number of ether oxygens (including phenoxy) is 4. The molecule has 1 atom stereocenters. The molecule has 6 heteroatoms. The molecular formula is C30H46O6.